The number of imidazole rings is 1. The molecule has 0 aliphatic carbocycles. The lowest BCUT2D eigenvalue weighted by Crippen LogP contribution is -2.20. The summed E-state index contributed by atoms with van der Waals surface area (Å²) in [7, 11) is 0. The molecule has 0 bridgehead atoms. The van der Waals surface area contributed by atoms with Crippen LogP contribution in [0.2, 0.25) is 0 Å². The highest BCUT2D eigenvalue weighted by Crippen LogP contribution is 1.93. The van der Waals surface area contributed by atoms with Gasteiger partial charge in [0.1, 0.15) is 6.17 Å². The number of rotatable bonds is 2. The molecule has 0 radical (unpaired) electrons. The predicted molar refractivity (Wildman–Crippen MR) is 32.5 cm³/mol. The fraction of sp³-hybridized carbons (Fsp3) is 0.400. The van der Waals surface area contributed by atoms with Gasteiger partial charge in [-0.3, -0.25) is 0 Å². The second kappa shape index (κ2) is 2.61. The summed E-state index contributed by atoms with van der Waals surface area (Å²) in [5.74, 6) is 0. The summed E-state index contributed by atoms with van der Waals surface area (Å²) in [6, 6.07) is 0. The van der Waals surface area contributed by atoms with E-state index in [1.54, 1.807) is 23.3 Å². The Morgan fingerprint density at radius 3 is 3.00 bits per heavy atom. The lowest BCUT2D eigenvalue weighted by molar-refractivity contribution is 0.231. The zero-order valence-corrected chi connectivity index (χ0v) is 4.94. The molecule has 0 amide bonds. The van der Waals surface area contributed by atoms with Crippen LogP contribution in [0.15, 0.2) is 18.7 Å². The molecule has 0 saturated heterocycles. The van der Waals surface area contributed by atoms with Crippen LogP contribution < -0.4 is 5.73 Å². The minimum Gasteiger partial charge on any atom is -0.393 e. The van der Waals surface area contributed by atoms with Gasteiger partial charge >= 0.3 is 0 Å². The molecule has 1 atom stereocenters. The van der Waals surface area contributed by atoms with E-state index in [1.807, 2.05) is 0 Å². The standard InChI is InChI=1S/C5H9N3O/c6-5(3-9)8-2-1-7-4-8/h1-2,4-5,9H,3,6H2. The molecule has 1 unspecified atom stereocenters. The van der Waals surface area contributed by atoms with Gasteiger partial charge in [-0.15, -0.1) is 0 Å². The third-order valence-corrected chi connectivity index (χ3v) is 1.09. The zero-order chi connectivity index (χ0) is 6.69. The van der Waals surface area contributed by atoms with Gasteiger partial charge in [-0.05, 0) is 0 Å². The fourth-order valence-electron chi connectivity index (χ4n) is 0.560. The maximum atomic E-state index is 8.53. The number of aliphatic hydroxyl groups excluding tert-OH is 1. The van der Waals surface area contributed by atoms with Crippen molar-refractivity contribution in [2.45, 2.75) is 6.17 Å². The zero-order valence-electron chi connectivity index (χ0n) is 4.94. The molecule has 0 fully saturated rings. The van der Waals surface area contributed by atoms with Gasteiger partial charge in [0.25, 0.3) is 0 Å². The molecule has 4 nitrogen and oxygen atoms in total. The Morgan fingerprint density at radius 1 is 1.78 bits per heavy atom. The maximum Gasteiger partial charge on any atom is 0.106 e. The van der Waals surface area contributed by atoms with Gasteiger partial charge in [0.2, 0.25) is 0 Å². The van der Waals surface area contributed by atoms with E-state index >= 15 is 0 Å². The van der Waals surface area contributed by atoms with Crippen LogP contribution in [0.25, 0.3) is 0 Å². The van der Waals surface area contributed by atoms with E-state index in [9.17, 15) is 0 Å². The smallest absolute Gasteiger partial charge is 0.106 e. The molecule has 0 aliphatic rings. The molecule has 1 rings (SSSR count). The molecule has 0 saturated carbocycles. The molecule has 0 aromatic carbocycles. The second-order valence-electron chi connectivity index (χ2n) is 1.76. The number of hydrogen-bond donors (Lipinski definition) is 2. The summed E-state index contributed by atoms with van der Waals surface area (Å²) in [4.78, 5) is 3.76. The van der Waals surface area contributed by atoms with Crippen molar-refractivity contribution in [1.29, 1.82) is 0 Å². The van der Waals surface area contributed by atoms with Crippen LogP contribution in [0.5, 0.6) is 0 Å². The molecule has 1 aromatic rings. The summed E-state index contributed by atoms with van der Waals surface area (Å²) in [6.45, 7) is -0.0592. The van der Waals surface area contributed by atoms with Crippen molar-refractivity contribution >= 4 is 0 Å². The predicted octanol–water partition coefficient (Wildman–Crippen LogP) is -0.667. The van der Waals surface area contributed by atoms with Gasteiger partial charge in [0.15, 0.2) is 0 Å². The molecular weight excluding hydrogens is 118 g/mol. The Kier molecular flexibility index (Phi) is 1.81. The highest BCUT2D eigenvalue weighted by atomic mass is 16.3. The minimum atomic E-state index is -0.354. The van der Waals surface area contributed by atoms with Crippen molar-refractivity contribution in [1.82, 2.24) is 9.55 Å². The van der Waals surface area contributed by atoms with Crippen LogP contribution in [-0.4, -0.2) is 21.3 Å². The largest absolute Gasteiger partial charge is 0.393 e. The van der Waals surface area contributed by atoms with Gasteiger partial charge < -0.3 is 15.4 Å². The first kappa shape index (κ1) is 6.25. The number of hydrogen-bond acceptors (Lipinski definition) is 3. The van der Waals surface area contributed by atoms with Crippen molar-refractivity contribution in [2.24, 2.45) is 5.73 Å². The van der Waals surface area contributed by atoms with Gasteiger partial charge in [-0.25, -0.2) is 4.98 Å². The number of nitrogens with two attached hydrogens (primary N) is 1. The molecule has 4 heteroatoms. The second-order valence-corrected chi connectivity index (χ2v) is 1.76. The molecule has 9 heavy (non-hydrogen) atoms. The van der Waals surface area contributed by atoms with E-state index in [1.165, 1.54) is 0 Å². The van der Waals surface area contributed by atoms with E-state index in [0.29, 0.717) is 0 Å². The Hall–Kier alpha value is -0.870. The minimum absolute atomic E-state index is 0.0592. The van der Waals surface area contributed by atoms with Crippen LogP contribution in [-0.2, 0) is 0 Å². The highest BCUT2D eigenvalue weighted by molar-refractivity contribution is 4.77. The van der Waals surface area contributed by atoms with Crippen LogP contribution in [0.3, 0.4) is 0 Å². The van der Waals surface area contributed by atoms with E-state index in [2.05, 4.69) is 4.98 Å². The lowest BCUT2D eigenvalue weighted by atomic mass is 10.5. The van der Waals surface area contributed by atoms with Gasteiger partial charge in [0, 0.05) is 12.4 Å². The average Bonchev–Trinajstić information content (AvgIpc) is 2.37. The third kappa shape index (κ3) is 1.28. The van der Waals surface area contributed by atoms with Gasteiger partial charge in [-0.2, -0.15) is 0 Å². The van der Waals surface area contributed by atoms with Crippen molar-refractivity contribution in [3.8, 4) is 0 Å². The first-order chi connectivity index (χ1) is 4.34. The van der Waals surface area contributed by atoms with Crippen LogP contribution in [0.1, 0.15) is 6.17 Å². The normalized spacial score (nSPS) is 13.6. The van der Waals surface area contributed by atoms with Gasteiger partial charge in [0.05, 0.1) is 12.9 Å². The number of aromatic nitrogens is 2. The highest BCUT2D eigenvalue weighted by Gasteiger charge is 1.98. The Labute approximate surface area is 52.9 Å². The molecule has 0 spiro atoms. The third-order valence-electron chi connectivity index (χ3n) is 1.09. The summed E-state index contributed by atoms with van der Waals surface area (Å²) in [5.41, 5.74) is 5.41. The SMILES string of the molecule is NC(CO)n1ccnc1. The Bertz CT molecular complexity index is 161. The quantitative estimate of drug-likeness (QED) is 0.554. The molecule has 3 N–H and O–H groups in total. The van der Waals surface area contributed by atoms with Crippen molar-refractivity contribution in [3.63, 3.8) is 0 Å². The number of aliphatic hydroxyl groups is 1. The monoisotopic (exact) mass is 127 g/mol. The van der Waals surface area contributed by atoms with E-state index in [0.717, 1.165) is 0 Å². The molecular formula is C5H9N3O. The van der Waals surface area contributed by atoms with Crippen molar-refractivity contribution < 1.29 is 5.11 Å². The topological polar surface area (TPSA) is 64.1 Å². The summed E-state index contributed by atoms with van der Waals surface area (Å²) in [6.07, 6.45) is 4.55. The van der Waals surface area contributed by atoms with Gasteiger partial charge in [-0.1, -0.05) is 0 Å². The molecule has 50 valence electrons. The van der Waals surface area contributed by atoms with Crippen LogP contribution >= 0.6 is 0 Å². The van der Waals surface area contributed by atoms with E-state index < -0.39 is 0 Å². The first-order valence-electron chi connectivity index (χ1n) is 2.68. The Morgan fingerprint density at radius 2 is 2.56 bits per heavy atom. The van der Waals surface area contributed by atoms with Crippen LogP contribution in [0, 0.1) is 0 Å². The lowest BCUT2D eigenvalue weighted by Gasteiger charge is -2.07. The first-order valence-corrected chi connectivity index (χ1v) is 2.68. The fourth-order valence-corrected chi connectivity index (χ4v) is 0.560. The molecule has 1 aromatic heterocycles. The number of nitrogens with zero attached hydrogens (tertiary/aromatic N) is 2. The van der Waals surface area contributed by atoms with E-state index in [-0.39, 0.29) is 12.8 Å². The van der Waals surface area contributed by atoms with Crippen molar-refractivity contribution in [2.75, 3.05) is 6.61 Å². The maximum absolute atomic E-state index is 8.53. The average molecular weight is 127 g/mol. The molecule has 1 heterocycles. The summed E-state index contributed by atoms with van der Waals surface area (Å²) >= 11 is 0. The van der Waals surface area contributed by atoms with E-state index in [4.69, 9.17) is 10.8 Å². The molecule has 0 aliphatic heterocycles. The summed E-state index contributed by atoms with van der Waals surface area (Å²) < 4.78 is 1.64. The van der Waals surface area contributed by atoms with Crippen LogP contribution in [0.4, 0.5) is 0 Å². The summed E-state index contributed by atoms with van der Waals surface area (Å²) in [5, 5.41) is 8.53. The van der Waals surface area contributed by atoms with Crippen molar-refractivity contribution in [3.05, 3.63) is 18.7 Å². The Balaban J connectivity index is 2.65.